The van der Waals surface area contributed by atoms with E-state index in [1.165, 1.54) is 25.7 Å². The van der Waals surface area contributed by atoms with Gasteiger partial charge in [0.2, 0.25) is 0 Å². The second-order valence-corrected chi connectivity index (χ2v) is 6.77. The molecule has 6 nitrogen and oxygen atoms in total. The summed E-state index contributed by atoms with van der Waals surface area (Å²) in [6.07, 6.45) is 6.00. The van der Waals surface area contributed by atoms with Crippen LogP contribution in [-0.2, 0) is 0 Å². The third kappa shape index (κ3) is 3.73. The normalized spacial score (nSPS) is 14.8. The third-order valence-corrected chi connectivity index (χ3v) is 4.98. The van der Waals surface area contributed by atoms with Crippen LogP contribution in [0.2, 0.25) is 0 Å². The molecule has 5 N–H and O–H groups in total. The van der Waals surface area contributed by atoms with E-state index in [4.69, 9.17) is 11.1 Å². The first-order valence-electron chi connectivity index (χ1n) is 7.56. The van der Waals surface area contributed by atoms with Crippen molar-refractivity contribution in [2.75, 3.05) is 11.1 Å². The molecule has 0 unspecified atom stereocenters. The van der Waals surface area contributed by atoms with Crippen LogP contribution in [0.25, 0.3) is 0 Å². The quantitative estimate of drug-likeness (QED) is 0.493. The summed E-state index contributed by atoms with van der Waals surface area (Å²) in [6.45, 7) is 0. The lowest BCUT2D eigenvalue weighted by Crippen LogP contribution is -2.08. The predicted molar refractivity (Wildman–Crippen MR) is 93.8 cm³/mol. The van der Waals surface area contributed by atoms with E-state index in [1.807, 2.05) is 6.07 Å². The van der Waals surface area contributed by atoms with E-state index in [-0.39, 0.29) is 11.6 Å². The minimum Gasteiger partial charge on any atom is -0.508 e. The number of phenols is 1. The molecule has 7 heteroatoms. The van der Waals surface area contributed by atoms with E-state index in [0.29, 0.717) is 27.5 Å². The Hall–Kier alpha value is -2.28. The molecule has 0 atom stereocenters. The van der Waals surface area contributed by atoms with Crippen LogP contribution in [0.4, 0.5) is 17.3 Å². The molecule has 1 aromatic carbocycles. The molecular formula is C16H19N5OS. The lowest BCUT2D eigenvalue weighted by molar-refractivity contribution is 0.475. The molecule has 1 aliphatic carbocycles. The fraction of sp³-hybridized carbons (Fsp3) is 0.312. The van der Waals surface area contributed by atoms with Gasteiger partial charge in [-0.15, -0.1) is 0 Å². The van der Waals surface area contributed by atoms with Crippen molar-refractivity contribution in [3.63, 3.8) is 0 Å². The first-order chi connectivity index (χ1) is 11.2. The number of anilines is 3. The van der Waals surface area contributed by atoms with Crippen molar-refractivity contribution >= 4 is 35.3 Å². The van der Waals surface area contributed by atoms with Gasteiger partial charge in [0.25, 0.3) is 0 Å². The molecule has 1 aromatic heterocycles. The number of nitrogens with one attached hydrogen (secondary N) is 2. The van der Waals surface area contributed by atoms with Gasteiger partial charge in [-0.25, -0.2) is 9.97 Å². The minimum absolute atomic E-state index is 0.161. The van der Waals surface area contributed by atoms with Crippen LogP contribution in [-0.4, -0.2) is 26.5 Å². The zero-order chi connectivity index (χ0) is 16.2. The van der Waals surface area contributed by atoms with Crippen molar-refractivity contribution in [1.82, 2.24) is 9.97 Å². The van der Waals surface area contributed by atoms with Crippen LogP contribution >= 0.6 is 11.8 Å². The molecule has 0 radical (unpaired) electrons. The van der Waals surface area contributed by atoms with Crippen LogP contribution < -0.4 is 11.1 Å². The highest BCUT2D eigenvalue weighted by atomic mass is 32.2. The summed E-state index contributed by atoms with van der Waals surface area (Å²) >= 11 is 1.65. The monoisotopic (exact) mass is 329 g/mol. The van der Waals surface area contributed by atoms with Crippen molar-refractivity contribution in [2.45, 2.75) is 36.1 Å². The van der Waals surface area contributed by atoms with Crippen molar-refractivity contribution in [1.29, 1.82) is 5.41 Å². The number of benzene rings is 1. The largest absolute Gasteiger partial charge is 0.508 e. The maximum absolute atomic E-state index is 9.57. The molecule has 0 spiro atoms. The highest BCUT2D eigenvalue weighted by molar-refractivity contribution is 7.99. The summed E-state index contributed by atoms with van der Waals surface area (Å²) in [5, 5.41) is 21.4. The number of aromatic nitrogens is 2. The fourth-order valence-corrected chi connectivity index (χ4v) is 3.79. The second-order valence-electron chi connectivity index (χ2n) is 5.50. The lowest BCUT2D eigenvalue weighted by Gasteiger charge is -2.13. The van der Waals surface area contributed by atoms with E-state index in [1.54, 1.807) is 30.0 Å². The third-order valence-electron chi connectivity index (χ3n) is 3.78. The highest BCUT2D eigenvalue weighted by Crippen LogP contribution is 2.34. The molecule has 0 bridgehead atoms. The average Bonchev–Trinajstić information content (AvgIpc) is 3.00. The topological polar surface area (TPSA) is 108 Å². The number of nitrogens with zero attached hydrogens (tertiary/aromatic N) is 2. The van der Waals surface area contributed by atoms with Gasteiger partial charge in [0.05, 0.1) is 5.56 Å². The van der Waals surface area contributed by atoms with Crippen molar-refractivity contribution in [3.8, 4) is 5.75 Å². The molecule has 2 aromatic rings. The number of rotatable bonds is 5. The number of aromatic hydroxyl groups is 1. The molecule has 1 heterocycles. The highest BCUT2D eigenvalue weighted by Gasteiger charge is 2.19. The number of nitrogen functional groups attached to an aromatic ring is 1. The Morgan fingerprint density at radius 2 is 2.09 bits per heavy atom. The van der Waals surface area contributed by atoms with Gasteiger partial charge in [0.1, 0.15) is 17.4 Å². The van der Waals surface area contributed by atoms with E-state index >= 15 is 0 Å². The van der Waals surface area contributed by atoms with Crippen molar-refractivity contribution in [2.24, 2.45) is 0 Å². The molecule has 0 saturated heterocycles. The van der Waals surface area contributed by atoms with Gasteiger partial charge in [0, 0.05) is 23.2 Å². The molecule has 1 saturated carbocycles. The maximum Gasteiger partial charge on any atom is 0.191 e. The summed E-state index contributed by atoms with van der Waals surface area (Å²) in [4.78, 5) is 8.84. The van der Waals surface area contributed by atoms with Crippen molar-refractivity contribution < 1.29 is 5.11 Å². The lowest BCUT2D eigenvalue weighted by atomic mass is 10.2. The zero-order valence-corrected chi connectivity index (χ0v) is 13.4. The number of phenolic OH excluding ortho intramolecular Hbond substituents is 1. The van der Waals surface area contributed by atoms with Gasteiger partial charge in [0.15, 0.2) is 5.16 Å². The summed E-state index contributed by atoms with van der Waals surface area (Å²) in [5.74, 6) is 0.936. The summed E-state index contributed by atoms with van der Waals surface area (Å²) in [5.41, 5.74) is 7.12. The average molecular weight is 329 g/mol. The van der Waals surface area contributed by atoms with E-state index in [9.17, 15) is 5.11 Å². The summed E-state index contributed by atoms with van der Waals surface area (Å²) < 4.78 is 0. The van der Waals surface area contributed by atoms with Crippen LogP contribution in [0.3, 0.4) is 0 Å². The standard InChI is InChI=1S/C16H19N5OS/c17-9-13-14(18)20-16(23-12-6-1-2-7-12)21-15(13)19-10-4-3-5-11(22)8-10/h3-5,8-9,12,17,22H,1-2,6-7H2,(H3,18,19,20,21). The fourth-order valence-electron chi connectivity index (χ4n) is 2.63. The number of nitrogens with two attached hydrogens (primary N) is 1. The summed E-state index contributed by atoms with van der Waals surface area (Å²) in [7, 11) is 0. The van der Waals surface area contributed by atoms with Gasteiger partial charge in [-0.2, -0.15) is 0 Å². The maximum atomic E-state index is 9.57. The Balaban J connectivity index is 1.89. The Morgan fingerprint density at radius 3 is 2.78 bits per heavy atom. The number of hydrogen-bond acceptors (Lipinski definition) is 7. The Labute approximate surface area is 139 Å². The first-order valence-corrected chi connectivity index (χ1v) is 8.44. The molecule has 120 valence electrons. The van der Waals surface area contributed by atoms with Crippen molar-refractivity contribution in [3.05, 3.63) is 29.8 Å². The molecular weight excluding hydrogens is 310 g/mol. The van der Waals surface area contributed by atoms with E-state index < -0.39 is 0 Å². The first kappa shape index (κ1) is 15.6. The van der Waals surface area contributed by atoms with Crippen LogP contribution in [0.5, 0.6) is 5.75 Å². The molecule has 1 aliphatic rings. The Bertz CT molecular complexity index is 716. The van der Waals surface area contributed by atoms with Crippen LogP contribution in [0, 0.1) is 5.41 Å². The number of hydrogen-bond donors (Lipinski definition) is 4. The van der Waals surface area contributed by atoms with Gasteiger partial charge in [-0.05, 0) is 25.0 Å². The van der Waals surface area contributed by atoms with E-state index in [0.717, 1.165) is 6.21 Å². The second kappa shape index (κ2) is 6.87. The zero-order valence-electron chi connectivity index (χ0n) is 12.6. The van der Waals surface area contributed by atoms with Gasteiger partial charge < -0.3 is 21.6 Å². The van der Waals surface area contributed by atoms with Crippen LogP contribution in [0.15, 0.2) is 29.4 Å². The minimum atomic E-state index is 0.161. The molecule has 23 heavy (non-hydrogen) atoms. The number of thioether (sulfide) groups is 1. The Morgan fingerprint density at radius 1 is 1.30 bits per heavy atom. The molecule has 0 amide bonds. The Kier molecular flexibility index (Phi) is 4.66. The SMILES string of the molecule is N=Cc1c(N)nc(SC2CCCC2)nc1Nc1cccc(O)c1. The van der Waals surface area contributed by atoms with Crippen LogP contribution in [0.1, 0.15) is 31.2 Å². The van der Waals surface area contributed by atoms with E-state index in [2.05, 4.69) is 15.3 Å². The summed E-state index contributed by atoms with van der Waals surface area (Å²) in [6, 6.07) is 6.74. The van der Waals surface area contributed by atoms with Gasteiger partial charge in [-0.3, -0.25) is 0 Å². The smallest absolute Gasteiger partial charge is 0.191 e. The molecule has 3 rings (SSSR count). The van der Waals surface area contributed by atoms with Gasteiger partial charge in [-0.1, -0.05) is 30.7 Å². The van der Waals surface area contributed by atoms with Gasteiger partial charge >= 0.3 is 0 Å². The predicted octanol–water partition coefficient (Wildman–Crippen LogP) is 3.54. The molecule has 1 fully saturated rings. The molecule has 0 aliphatic heterocycles.